The van der Waals surface area contributed by atoms with Gasteiger partial charge in [0.2, 0.25) is 0 Å². The molecule has 1 aliphatic heterocycles. The number of aliphatic imine (C=N–C) groups is 1. The summed E-state index contributed by atoms with van der Waals surface area (Å²) in [6.45, 7) is 0. The van der Waals surface area contributed by atoms with E-state index in [9.17, 15) is 0 Å². The maximum Gasteiger partial charge on any atom is 0.100 e. The molecule has 0 aliphatic carbocycles. The van der Waals surface area contributed by atoms with Crippen molar-refractivity contribution in [1.82, 2.24) is 0 Å². The number of nitrogens with zero attached hydrogens (tertiary/aromatic N) is 1. The third-order valence-corrected chi connectivity index (χ3v) is 0.877. The van der Waals surface area contributed by atoms with Crippen molar-refractivity contribution in [2.45, 2.75) is 12.6 Å². The Morgan fingerprint density at radius 3 is 2.86 bits per heavy atom. The van der Waals surface area contributed by atoms with Crippen LogP contribution in [0.15, 0.2) is 17.1 Å². The molecule has 2 N–H and O–H groups in total. The van der Waals surface area contributed by atoms with Crippen molar-refractivity contribution in [1.29, 1.82) is 0 Å². The number of dihydropyridines is 1. The highest BCUT2D eigenvalue weighted by Crippen LogP contribution is 1.94. The summed E-state index contributed by atoms with van der Waals surface area (Å²) >= 11 is 0. The molecule has 1 aliphatic rings. The van der Waals surface area contributed by atoms with Gasteiger partial charge in [0.1, 0.15) is 6.17 Å². The summed E-state index contributed by atoms with van der Waals surface area (Å²) in [5, 5.41) is 0. The number of nitrogens with two attached hydrogens (primary N) is 1. The second-order valence-corrected chi connectivity index (χ2v) is 1.53. The van der Waals surface area contributed by atoms with Gasteiger partial charge in [0.25, 0.3) is 0 Å². The Bertz CT molecular complexity index is 105. The molecule has 1 unspecified atom stereocenters. The number of hydrogen-bond acceptors (Lipinski definition) is 2. The summed E-state index contributed by atoms with van der Waals surface area (Å²) in [4.78, 5) is 3.90. The van der Waals surface area contributed by atoms with E-state index >= 15 is 0 Å². The molecule has 1 heterocycles. The first kappa shape index (κ1) is 4.53. The molecule has 0 amide bonds. The van der Waals surface area contributed by atoms with Gasteiger partial charge in [-0.05, 0) is 6.08 Å². The second-order valence-electron chi connectivity index (χ2n) is 1.53. The zero-order valence-electron chi connectivity index (χ0n) is 4.04. The maximum atomic E-state index is 5.39. The Hall–Kier alpha value is -0.630. The van der Waals surface area contributed by atoms with E-state index in [0.29, 0.717) is 0 Å². The first-order chi connectivity index (χ1) is 3.39. The van der Waals surface area contributed by atoms with E-state index in [1.165, 1.54) is 0 Å². The lowest BCUT2D eigenvalue weighted by atomic mass is 10.3. The average molecular weight is 96.1 g/mol. The largest absolute Gasteiger partial charge is 0.309 e. The molecule has 0 bridgehead atoms. The van der Waals surface area contributed by atoms with E-state index in [2.05, 4.69) is 4.99 Å². The van der Waals surface area contributed by atoms with Crippen molar-refractivity contribution in [3.8, 4) is 0 Å². The first-order valence-corrected chi connectivity index (χ1v) is 2.33. The molecular formula is C5H8N2. The zero-order valence-corrected chi connectivity index (χ0v) is 4.04. The Morgan fingerprint density at radius 2 is 2.57 bits per heavy atom. The Labute approximate surface area is 42.7 Å². The van der Waals surface area contributed by atoms with Crippen LogP contribution in [-0.2, 0) is 0 Å². The smallest absolute Gasteiger partial charge is 0.100 e. The highest BCUT2D eigenvalue weighted by molar-refractivity contribution is 5.71. The lowest BCUT2D eigenvalue weighted by Gasteiger charge is -2.02. The molecule has 7 heavy (non-hydrogen) atoms. The molecule has 0 saturated heterocycles. The van der Waals surface area contributed by atoms with E-state index in [-0.39, 0.29) is 6.17 Å². The van der Waals surface area contributed by atoms with Gasteiger partial charge in [0.15, 0.2) is 0 Å². The molecule has 0 aromatic heterocycles. The van der Waals surface area contributed by atoms with Gasteiger partial charge < -0.3 is 5.73 Å². The summed E-state index contributed by atoms with van der Waals surface area (Å²) in [6, 6.07) is 0. The predicted octanol–water partition coefficient (Wildman–Crippen LogP) is 0.302. The molecule has 0 saturated carbocycles. The van der Waals surface area contributed by atoms with Gasteiger partial charge in [-0.3, -0.25) is 4.99 Å². The third kappa shape index (κ3) is 1.12. The third-order valence-electron chi connectivity index (χ3n) is 0.877. The molecule has 2 heteroatoms. The van der Waals surface area contributed by atoms with Crippen molar-refractivity contribution in [3.63, 3.8) is 0 Å². The van der Waals surface area contributed by atoms with Crippen LogP contribution in [0.1, 0.15) is 6.42 Å². The summed E-state index contributed by atoms with van der Waals surface area (Å²) in [7, 11) is 0. The molecule has 2 nitrogen and oxygen atoms in total. The molecule has 0 aromatic rings. The monoisotopic (exact) mass is 96.1 g/mol. The van der Waals surface area contributed by atoms with Crippen LogP contribution < -0.4 is 5.73 Å². The highest BCUT2D eigenvalue weighted by Gasteiger charge is 1.94. The van der Waals surface area contributed by atoms with Crippen LogP contribution in [0.4, 0.5) is 0 Å². The van der Waals surface area contributed by atoms with Crippen molar-refractivity contribution >= 4 is 6.21 Å². The number of hydrogen-bond donors (Lipinski definition) is 1. The topological polar surface area (TPSA) is 38.4 Å². The van der Waals surface area contributed by atoms with Crippen LogP contribution in [0.25, 0.3) is 0 Å². The van der Waals surface area contributed by atoms with E-state index < -0.39 is 0 Å². The SMILES string of the molecule is NC1CC=CC=N1. The molecule has 0 spiro atoms. The number of allylic oxidation sites excluding steroid dienone is 1. The van der Waals surface area contributed by atoms with Crippen LogP contribution in [0.2, 0.25) is 0 Å². The van der Waals surface area contributed by atoms with Crippen molar-refractivity contribution in [2.24, 2.45) is 10.7 Å². The minimum absolute atomic E-state index is 0.0185. The normalized spacial score (nSPS) is 28.4. The van der Waals surface area contributed by atoms with Gasteiger partial charge in [-0.2, -0.15) is 0 Å². The molecule has 0 radical (unpaired) electrons. The van der Waals surface area contributed by atoms with Crippen LogP contribution in [0.3, 0.4) is 0 Å². The van der Waals surface area contributed by atoms with E-state index in [1.807, 2.05) is 12.2 Å². The second kappa shape index (κ2) is 1.89. The Morgan fingerprint density at radius 1 is 1.71 bits per heavy atom. The predicted molar refractivity (Wildman–Crippen MR) is 30.2 cm³/mol. The zero-order chi connectivity index (χ0) is 5.11. The fourth-order valence-corrected chi connectivity index (χ4v) is 0.500. The van der Waals surface area contributed by atoms with Gasteiger partial charge in [-0.1, -0.05) is 6.08 Å². The van der Waals surface area contributed by atoms with E-state index in [1.54, 1.807) is 6.21 Å². The van der Waals surface area contributed by atoms with Gasteiger partial charge in [-0.15, -0.1) is 0 Å². The van der Waals surface area contributed by atoms with Crippen LogP contribution in [0, 0.1) is 0 Å². The summed E-state index contributed by atoms with van der Waals surface area (Å²) in [6.07, 6.45) is 6.55. The standard InChI is InChI=1S/C5H8N2/c6-5-3-1-2-4-7-5/h1-2,4-5H,3,6H2. The van der Waals surface area contributed by atoms with Crippen LogP contribution in [0.5, 0.6) is 0 Å². The quantitative estimate of drug-likeness (QED) is 0.463. The lowest BCUT2D eigenvalue weighted by molar-refractivity contribution is 0.720. The van der Waals surface area contributed by atoms with Crippen LogP contribution in [-0.4, -0.2) is 12.4 Å². The Balaban J connectivity index is 2.49. The Kier molecular flexibility index (Phi) is 1.22. The lowest BCUT2D eigenvalue weighted by Crippen LogP contribution is -2.17. The molecular weight excluding hydrogens is 88.1 g/mol. The molecule has 1 atom stereocenters. The van der Waals surface area contributed by atoms with Crippen molar-refractivity contribution in [3.05, 3.63) is 12.2 Å². The van der Waals surface area contributed by atoms with Crippen LogP contribution >= 0.6 is 0 Å². The molecule has 38 valence electrons. The fraction of sp³-hybridized carbons (Fsp3) is 0.400. The number of rotatable bonds is 0. The summed E-state index contributed by atoms with van der Waals surface area (Å²) < 4.78 is 0. The summed E-state index contributed by atoms with van der Waals surface area (Å²) in [5.74, 6) is 0. The molecule has 0 aromatic carbocycles. The molecule has 0 fully saturated rings. The minimum atomic E-state index is 0.0185. The summed E-state index contributed by atoms with van der Waals surface area (Å²) in [5.41, 5.74) is 5.39. The van der Waals surface area contributed by atoms with Gasteiger partial charge >= 0.3 is 0 Å². The fourth-order valence-electron chi connectivity index (χ4n) is 0.500. The van der Waals surface area contributed by atoms with E-state index in [4.69, 9.17) is 5.73 Å². The highest BCUT2D eigenvalue weighted by atomic mass is 14.9. The minimum Gasteiger partial charge on any atom is -0.309 e. The first-order valence-electron chi connectivity index (χ1n) is 2.33. The van der Waals surface area contributed by atoms with E-state index in [0.717, 1.165) is 6.42 Å². The van der Waals surface area contributed by atoms with Gasteiger partial charge in [0.05, 0.1) is 0 Å². The molecule has 1 rings (SSSR count). The van der Waals surface area contributed by atoms with Gasteiger partial charge in [-0.25, -0.2) is 0 Å². The van der Waals surface area contributed by atoms with Crippen molar-refractivity contribution < 1.29 is 0 Å². The maximum absolute atomic E-state index is 5.39. The van der Waals surface area contributed by atoms with Crippen molar-refractivity contribution in [2.75, 3.05) is 0 Å². The average Bonchev–Trinajstić information content (AvgIpc) is 1.69. The van der Waals surface area contributed by atoms with Gasteiger partial charge in [0, 0.05) is 12.6 Å².